The number of rotatable bonds is 12. The fourth-order valence-electron chi connectivity index (χ4n) is 3.34. The number of ether oxygens (including phenoxy) is 5. The Bertz CT molecular complexity index is 850. The van der Waals surface area contributed by atoms with E-state index in [0.29, 0.717) is 13.2 Å². The lowest BCUT2D eigenvalue weighted by Crippen LogP contribution is -2.43. The number of aliphatic carboxylic acids is 1. The highest BCUT2D eigenvalue weighted by Gasteiger charge is 2.35. The van der Waals surface area contributed by atoms with Gasteiger partial charge in [-0.3, -0.25) is 0 Å². The van der Waals surface area contributed by atoms with Crippen molar-refractivity contribution >= 4 is 5.97 Å². The van der Waals surface area contributed by atoms with Gasteiger partial charge in [-0.05, 0) is 30.2 Å². The third-order valence-electron chi connectivity index (χ3n) is 5.21. The molecule has 0 spiro atoms. The molecule has 172 valence electrons. The van der Waals surface area contributed by atoms with Crippen LogP contribution in [0.1, 0.15) is 18.1 Å². The van der Waals surface area contributed by atoms with Crippen molar-refractivity contribution in [2.24, 2.45) is 5.92 Å². The summed E-state index contributed by atoms with van der Waals surface area (Å²) in [6.07, 6.45) is 1.84. The Labute approximate surface area is 188 Å². The van der Waals surface area contributed by atoms with Gasteiger partial charge in [-0.2, -0.15) is 0 Å². The lowest BCUT2D eigenvalue weighted by atomic mass is 9.97. The van der Waals surface area contributed by atoms with Crippen molar-refractivity contribution in [3.8, 4) is 5.75 Å². The Hall–Kier alpha value is -2.71. The highest BCUT2D eigenvalue weighted by Crippen LogP contribution is 2.23. The summed E-state index contributed by atoms with van der Waals surface area (Å²) in [5, 5.41) is 9.63. The van der Waals surface area contributed by atoms with Gasteiger partial charge in [0, 0.05) is 5.92 Å². The van der Waals surface area contributed by atoms with Crippen LogP contribution in [0, 0.1) is 5.92 Å². The molecule has 1 N–H and O–H groups in total. The lowest BCUT2D eigenvalue weighted by Gasteiger charge is -2.32. The Kier molecular flexibility index (Phi) is 9.25. The second-order valence-corrected chi connectivity index (χ2v) is 7.60. The molecule has 1 aliphatic heterocycles. The molecule has 0 aliphatic carbocycles. The van der Waals surface area contributed by atoms with Crippen LogP contribution in [0.2, 0.25) is 0 Å². The molecule has 0 amide bonds. The third-order valence-corrected chi connectivity index (χ3v) is 5.21. The number of hydrogen-bond acceptors (Lipinski definition) is 6. The molecule has 7 heteroatoms. The maximum atomic E-state index is 11.8. The van der Waals surface area contributed by atoms with E-state index in [1.54, 1.807) is 7.11 Å². The Morgan fingerprint density at radius 1 is 1.00 bits per heavy atom. The van der Waals surface area contributed by atoms with E-state index in [-0.39, 0.29) is 25.4 Å². The van der Waals surface area contributed by atoms with Gasteiger partial charge in [-0.15, -0.1) is 0 Å². The Morgan fingerprint density at radius 2 is 1.69 bits per heavy atom. The van der Waals surface area contributed by atoms with E-state index in [1.165, 1.54) is 0 Å². The molecule has 1 heterocycles. The fourth-order valence-corrected chi connectivity index (χ4v) is 3.34. The number of hydrogen-bond donors (Lipinski definition) is 1. The van der Waals surface area contributed by atoms with Gasteiger partial charge < -0.3 is 28.8 Å². The van der Waals surface area contributed by atoms with Crippen molar-refractivity contribution in [3.63, 3.8) is 0 Å². The van der Waals surface area contributed by atoms with E-state index in [0.717, 1.165) is 16.9 Å². The molecule has 1 aliphatic rings. The standard InChI is InChI=1S/C25H30O7/c1-18(31-17-30-15-19-6-4-3-5-7-19)23-13-10-21(24(32-23)25(26)27)16-29-14-20-8-11-22(28-2)12-9-20/h3-13,18,21,23-24H,14-17H2,1-2H3,(H,26,27)/t18-,21-,23+,24-/m0/s1. The van der Waals surface area contributed by atoms with Crippen LogP contribution in [0.4, 0.5) is 0 Å². The predicted molar refractivity (Wildman–Crippen MR) is 118 cm³/mol. The summed E-state index contributed by atoms with van der Waals surface area (Å²) in [6.45, 7) is 2.99. The summed E-state index contributed by atoms with van der Waals surface area (Å²) in [5.74, 6) is -0.635. The van der Waals surface area contributed by atoms with Crippen molar-refractivity contribution in [1.29, 1.82) is 0 Å². The van der Waals surface area contributed by atoms with Crippen LogP contribution < -0.4 is 4.74 Å². The molecule has 32 heavy (non-hydrogen) atoms. The molecular weight excluding hydrogens is 412 g/mol. The minimum absolute atomic E-state index is 0.0932. The second-order valence-electron chi connectivity index (χ2n) is 7.60. The van der Waals surface area contributed by atoms with Crippen LogP contribution in [0.25, 0.3) is 0 Å². The molecule has 0 fully saturated rings. The normalized spacial score (nSPS) is 21.2. The first kappa shape index (κ1) is 23.9. The average Bonchev–Trinajstić information content (AvgIpc) is 2.83. The van der Waals surface area contributed by atoms with E-state index in [9.17, 15) is 9.90 Å². The summed E-state index contributed by atoms with van der Waals surface area (Å²) in [7, 11) is 1.61. The minimum Gasteiger partial charge on any atom is -0.497 e. The quantitative estimate of drug-likeness (QED) is 0.304. The largest absolute Gasteiger partial charge is 0.497 e. The minimum atomic E-state index is -1.02. The number of carbonyl (C=O) groups is 1. The van der Waals surface area contributed by atoms with Crippen LogP contribution in [0.3, 0.4) is 0 Å². The second kappa shape index (κ2) is 12.4. The number of benzene rings is 2. The van der Waals surface area contributed by atoms with Gasteiger partial charge >= 0.3 is 5.97 Å². The Balaban J connectivity index is 1.44. The maximum Gasteiger partial charge on any atom is 0.333 e. The molecule has 0 aromatic heterocycles. The SMILES string of the molecule is COc1ccc(COC[C@@H]2C=C[C@H]([C@H](C)OCOCc3ccccc3)O[C@@H]2C(=O)O)cc1. The fraction of sp³-hybridized carbons (Fsp3) is 0.400. The summed E-state index contributed by atoms with van der Waals surface area (Å²) < 4.78 is 27.9. The third kappa shape index (κ3) is 7.17. The summed E-state index contributed by atoms with van der Waals surface area (Å²) in [5.41, 5.74) is 2.04. The molecule has 0 saturated carbocycles. The molecule has 0 unspecified atom stereocenters. The highest BCUT2D eigenvalue weighted by atomic mass is 16.7. The molecule has 2 aromatic rings. The lowest BCUT2D eigenvalue weighted by molar-refractivity contribution is -0.173. The first-order valence-corrected chi connectivity index (χ1v) is 10.6. The zero-order valence-corrected chi connectivity index (χ0v) is 18.4. The zero-order chi connectivity index (χ0) is 22.8. The van der Waals surface area contributed by atoms with Gasteiger partial charge in [0.25, 0.3) is 0 Å². The molecule has 0 saturated heterocycles. The molecule has 0 bridgehead atoms. The van der Waals surface area contributed by atoms with Crippen LogP contribution >= 0.6 is 0 Å². The van der Waals surface area contributed by atoms with E-state index >= 15 is 0 Å². The van der Waals surface area contributed by atoms with E-state index in [1.807, 2.05) is 73.7 Å². The molecular formula is C25H30O7. The maximum absolute atomic E-state index is 11.8. The molecule has 0 radical (unpaired) electrons. The predicted octanol–water partition coefficient (Wildman–Crippen LogP) is 3.82. The van der Waals surface area contributed by atoms with Gasteiger partial charge in [0.2, 0.25) is 0 Å². The molecule has 3 rings (SSSR count). The van der Waals surface area contributed by atoms with Crippen molar-refractivity contribution in [1.82, 2.24) is 0 Å². The Morgan fingerprint density at radius 3 is 2.38 bits per heavy atom. The van der Waals surface area contributed by atoms with Crippen molar-refractivity contribution in [3.05, 3.63) is 77.9 Å². The zero-order valence-electron chi connectivity index (χ0n) is 18.4. The van der Waals surface area contributed by atoms with Gasteiger partial charge in [-0.1, -0.05) is 54.6 Å². The van der Waals surface area contributed by atoms with Gasteiger partial charge in [0.15, 0.2) is 6.10 Å². The molecule has 4 atom stereocenters. The molecule has 2 aromatic carbocycles. The van der Waals surface area contributed by atoms with Crippen LogP contribution in [0.5, 0.6) is 5.75 Å². The van der Waals surface area contributed by atoms with Crippen molar-refractivity contribution < 1.29 is 33.6 Å². The first-order valence-electron chi connectivity index (χ1n) is 10.6. The van der Waals surface area contributed by atoms with Gasteiger partial charge in [0.05, 0.1) is 33.0 Å². The van der Waals surface area contributed by atoms with E-state index in [4.69, 9.17) is 23.7 Å². The topological polar surface area (TPSA) is 83.5 Å². The van der Waals surface area contributed by atoms with E-state index < -0.39 is 18.2 Å². The van der Waals surface area contributed by atoms with Crippen LogP contribution in [-0.4, -0.2) is 49.9 Å². The van der Waals surface area contributed by atoms with Crippen LogP contribution in [-0.2, 0) is 37.0 Å². The number of carboxylic acid groups (broad SMARTS) is 1. The summed E-state index contributed by atoms with van der Waals surface area (Å²) in [4.78, 5) is 11.8. The van der Waals surface area contributed by atoms with Gasteiger partial charge in [-0.25, -0.2) is 4.79 Å². The van der Waals surface area contributed by atoms with Gasteiger partial charge in [0.1, 0.15) is 18.6 Å². The van der Waals surface area contributed by atoms with Crippen molar-refractivity contribution in [2.75, 3.05) is 20.5 Å². The average molecular weight is 443 g/mol. The van der Waals surface area contributed by atoms with Crippen molar-refractivity contribution in [2.45, 2.75) is 38.4 Å². The number of methoxy groups -OCH3 is 1. The molecule has 7 nitrogen and oxygen atoms in total. The number of carboxylic acids is 1. The van der Waals surface area contributed by atoms with E-state index in [2.05, 4.69) is 0 Å². The first-order chi connectivity index (χ1) is 15.6. The highest BCUT2D eigenvalue weighted by molar-refractivity contribution is 5.73. The summed E-state index contributed by atoms with van der Waals surface area (Å²) >= 11 is 0. The monoisotopic (exact) mass is 442 g/mol. The van der Waals surface area contributed by atoms with Crippen LogP contribution in [0.15, 0.2) is 66.7 Å². The summed E-state index contributed by atoms with van der Waals surface area (Å²) in [6, 6.07) is 17.3. The smallest absolute Gasteiger partial charge is 0.333 e.